The number of rotatable bonds is 5. The van der Waals surface area contributed by atoms with Crippen molar-refractivity contribution in [1.82, 2.24) is 15.2 Å². The van der Waals surface area contributed by atoms with E-state index in [1.807, 2.05) is 24.3 Å². The molecule has 2 aromatic rings. The third-order valence-electron chi connectivity index (χ3n) is 3.84. The Bertz CT molecular complexity index is 613. The quantitative estimate of drug-likeness (QED) is 0.882. The Morgan fingerprint density at radius 3 is 2.86 bits per heavy atom. The summed E-state index contributed by atoms with van der Waals surface area (Å²) in [6.45, 7) is 0. The van der Waals surface area contributed by atoms with Gasteiger partial charge in [-0.1, -0.05) is 25.3 Å². The summed E-state index contributed by atoms with van der Waals surface area (Å²) in [7, 11) is 1.64. The monoisotopic (exact) mass is 299 g/mol. The first-order chi connectivity index (χ1) is 10.8. The molecule has 1 fully saturated rings. The maximum absolute atomic E-state index is 5.21. The highest BCUT2D eigenvalue weighted by Gasteiger charge is 2.14. The summed E-state index contributed by atoms with van der Waals surface area (Å²) >= 11 is 0. The molecule has 0 saturated heterocycles. The molecule has 0 bridgehead atoms. The van der Waals surface area contributed by atoms with Crippen molar-refractivity contribution in [2.24, 2.45) is 0 Å². The van der Waals surface area contributed by atoms with E-state index in [0.29, 0.717) is 12.0 Å². The van der Waals surface area contributed by atoms with Crippen molar-refractivity contribution in [3.8, 4) is 5.75 Å². The van der Waals surface area contributed by atoms with E-state index >= 15 is 0 Å². The van der Waals surface area contributed by atoms with Gasteiger partial charge >= 0.3 is 0 Å². The molecule has 6 heteroatoms. The molecule has 0 aliphatic heterocycles. The molecule has 0 unspecified atom stereocenters. The van der Waals surface area contributed by atoms with Crippen LogP contribution in [-0.2, 0) is 0 Å². The van der Waals surface area contributed by atoms with E-state index in [2.05, 4.69) is 25.8 Å². The first-order valence-corrected chi connectivity index (χ1v) is 7.71. The molecule has 0 amide bonds. The zero-order valence-electron chi connectivity index (χ0n) is 12.7. The van der Waals surface area contributed by atoms with Crippen LogP contribution in [0.2, 0.25) is 0 Å². The molecule has 1 saturated carbocycles. The van der Waals surface area contributed by atoms with Gasteiger partial charge in [0.15, 0.2) is 5.82 Å². The molecule has 1 aliphatic carbocycles. The van der Waals surface area contributed by atoms with Crippen LogP contribution in [-0.4, -0.2) is 28.3 Å². The van der Waals surface area contributed by atoms with E-state index in [-0.39, 0.29) is 0 Å². The normalized spacial score (nSPS) is 15.3. The van der Waals surface area contributed by atoms with Crippen molar-refractivity contribution in [1.29, 1.82) is 0 Å². The van der Waals surface area contributed by atoms with Crippen LogP contribution in [0.4, 0.5) is 17.5 Å². The van der Waals surface area contributed by atoms with Gasteiger partial charge < -0.3 is 15.4 Å². The lowest BCUT2D eigenvalue weighted by Crippen LogP contribution is -2.23. The summed E-state index contributed by atoms with van der Waals surface area (Å²) in [6, 6.07) is 8.14. The molecule has 22 heavy (non-hydrogen) atoms. The highest BCUT2D eigenvalue weighted by atomic mass is 16.5. The molecule has 6 nitrogen and oxygen atoms in total. The summed E-state index contributed by atoms with van der Waals surface area (Å²) in [6.07, 6.45) is 7.97. The Balaban J connectivity index is 1.67. The number of hydrogen-bond acceptors (Lipinski definition) is 6. The van der Waals surface area contributed by atoms with Crippen molar-refractivity contribution in [3.05, 3.63) is 30.5 Å². The van der Waals surface area contributed by atoms with Gasteiger partial charge in [0, 0.05) is 17.8 Å². The van der Waals surface area contributed by atoms with Crippen LogP contribution in [0.25, 0.3) is 0 Å². The number of methoxy groups -OCH3 is 1. The maximum Gasteiger partial charge on any atom is 0.249 e. The fourth-order valence-electron chi connectivity index (χ4n) is 2.71. The van der Waals surface area contributed by atoms with Gasteiger partial charge in [0.2, 0.25) is 5.95 Å². The van der Waals surface area contributed by atoms with E-state index in [1.54, 1.807) is 13.3 Å². The lowest BCUT2D eigenvalue weighted by molar-refractivity contribution is 0.415. The zero-order valence-corrected chi connectivity index (χ0v) is 12.7. The molecular weight excluding hydrogens is 278 g/mol. The molecule has 1 aromatic heterocycles. The molecule has 3 rings (SSSR count). The van der Waals surface area contributed by atoms with Crippen molar-refractivity contribution >= 4 is 17.5 Å². The van der Waals surface area contributed by atoms with E-state index in [1.165, 1.54) is 32.1 Å². The minimum Gasteiger partial charge on any atom is -0.497 e. The average molecular weight is 299 g/mol. The van der Waals surface area contributed by atoms with E-state index in [4.69, 9.17) is 4.74 Å². The smallest absolute Gasteiger partial charge is 0.249 e. The van der Waals surface area contributed by atoms with Crippen LogP contribution in [0.5, 0.6) is 5.75 Å². The number of aromatic nitrogens is 3. The number of anilines is 3. The van der Waals surface area contributed by atoms with Gasteiger partial charge in [-0.2, -0.15) is 10.1 Å². The Morgan fingerprint density at radius 1 is 1.18 bits per heavy atom. The highest BCUT2D eigenvalue weighted by Crippen LogP contribution is 2.22. The highest BCUT2D eigenvalue weighted by molar-refractivity contribution is 5.56. The Morgan fingerprint density at radius 2 is 2.05 bits per heavy atom. The van der Waals surface area contributed by atoms with E-state index in [0.717, 1.165) is 17.3 Å². The summed E-state index contributed by atoms with van der Waals surface area (Å²) in [5, 5.41) is 14.7. The van der Waals surface area contributed by atoms with E-state index < -0.39 is 0 Å². The first-order valence-electron chi connectivity index (χ1n) is 7.71. The van der Waals surface area contributed by atoms with Crippen LogP contribution in [0.1, 0.15) is 32.1 Å². The second-order valence-corrected chi connectivity index (χ2v) is 5.50. The second-order valence-electron chi connectivity index (χ2n) is 5.50. The number of nitrogens with zero attached hydrogens (tertiary/aromatic N) is 3. The predicted molar refractivity (Wildman–Crippen MR) is 86.6 cm³/mol. The zero-order chi connectivity index (χ0) is 15.2. The Kier molecular flexibility index (Phi) is 4.68. The van der Waals surface area contributed by atoms with Crippen molar-refractivity contribution in [3.63, 3.8) is 0 Å². The molecule has 1 aliphatic rings. The number of ether oxygens (including phenoxy) is 1. The summed E-state index contributed by atoms with van der Waals surface area (Å²) < 4.78 is 5.21. The second kappa shape index (κ2) is 7.06. The number of nitrogens with one attached hydrogen (secondary N) is 2. The van der Waals surface area contributed by atoms with Crippen LogP contribution in [0.15, 0.2) is 30.5 Å². The van der Waals surface area contributed by atoms with Gasteiger partial charge in [-0.05, 0) is 25.0 Å². The maximum atomic E-state index is 5.21. The van der Waals surface area contributed by atoms with Crippen LogP contribution < -0.4 is 15.4 Å². The van der Waals surface area contributed by atoms with Crippen LogP contribution >= 0.6 is 0 Å². The topological polar surface area (TPSA) is 72.0 Å². The summed E-state index contributed by atoms with van der Waals surface area (Å²) in [5.41, 5.74) is 0.871. The fourth-order valence-corrected chi connectivity index (χ4v) is 2.71. The van der Waals surface area contributed by atoms with Crippen LogP contribution in [0, 0.1) is 0 Å². The average Bonchev–Trinajstić information content (AvgIpc) is 2.56. The van der Waals surface area contributed by atoms with Crippen molar-refractivity contribution in [2.45, 2.75) is 38.1 Å². The fraction of sp³-hybridized carbons (Fsp3) is 0.438. The van der Waals surface area contributed by atoms with Gasteiger partial charge in [0.05, 0.1) is 13.3 Å². The number of hydrogen-bond donors (Lipinski definition) is 2. The van der Waals surface area contributed by atoms with Crippen molar-refractivity contribution < 1.29 is 4.74 Å². The van der Waals surface area contributed by atoms with Crippen LogP contribution in [0.3, 0.4) is 0 Å². The molecular formula is C16H21N5O. The standard InChI is InChI=1S/C16H21N5O/c1-22-14-9-5-8-13(10-14)19-16-20-15(11-17-21-16)18-12-6-3-2-4-7-12/h5,8-12H,2-4,6-7H2,1H3,(H2,18,19,20,21). The summed E-state index contributed by atoms with van der Waals surface area (Å²) in [5.74, 6) is 2.04. The molecule has 116 valence electrons. The summed E-state index contributed by atoms with van der Waals surface area (Å²) in [4.78, 5) is 4.48. The largest absolute Gasteiger partial charge is 0.497 e. The lowest BCUT2D eigenvalue weighted by atomic mass is 9.96. The van der Waals surface area contributed by atoms with E-state index in [9.17, 15) is 0 Å². The minimum atomic E-state index is 0.481. The van der Waals surface area contributed by atoms with Gasteiger partial charge in [-0.25, -0.2) is 0 Å². The third kappa shape index (κ3) is 3.84. The SMILES string of the molecule is COc1cccc(Nc2nncc(NC3CCCCC3)n2)c1. The molecule has 1 aromatic carbocycles. The third-order valence-corrected chi connectivity index (χ3v) is 3.84. The predicted octanol–water partition coefficient (Wildman–Crippen LogP) is 3.37. The minimum absolute atomic E-state index is 0.481. The molecule has 0 radical (unpaired) electrons. The Labute approximate surface area is 130 Å². The van der Waals surface area contributed by atoms with Gasteiger partial charge in [-0.3, -0.25) is 0 Å². The van der Waals surface area contributed by atoms with Crippen molar-refractivity contribution in [2.75, 3.05) is 17.7 Å². The van der Waals surface area contributed by atoms with Gasteiger partial charge in [0.1, 0.15) is 5.75 Å². The molecule has 1 heterocycles. The van der Waals surface area contributed by atoms with Gasteiger partial charge in [0.25, 0.3) is 0 Å². The molecule has 0 atom stereocenters. The Hall–Kier alpha value is -2.37. The first kappa shape index (κ1) is 14.6. The molecule has 2 N–H and O–H groups in total. The lowest BCUT2D eigenvalue weighted by Gasteiger charge is -2.23. The number of benzene rings is 1. The van der Waals surface area contributed by atoms with Gasteiger partial charge in [-0.15, -0.1) is 5.10 Å². The molecule has 0 spiro atoms.